The minimum Gasteiger partial charge on any atom is -0.480 e. The van der Waals surface area contributed by atoms with Crippen molar-refractivity contribution in [2.45, 2.75) is 224 Å². The van der Waals surface area contributed by atoms with Crippen LogP contribution in [0.3, 0.4) is 0 Å². The molecule has 0 amide bonds. The molecule has 1 aliphatic rings. The molecule has 1 rings (SSSR count). The fourth-order valence-electron chi connectivity index (χ4n) is 7.65. The smallest absolute Gasteiger partial charge is 0.472 e. The van der Waals surface area contributed by atoms with Crippen molar-refractivity contribution in [2.75, 3.05) is 19.8 Å². The van der Waals surface area contributed by atoms with Crippen LogP contribution in [-0.2, 0) is 42.3 Å². The van der Waals surface area contributed by atoms with Gasteiger partial charge >= 0.3 is 25.7 Å². The van der Waals surface area contributed by atoms with Gasteiger partial charge in [0, 0.05) is 43.9 Å². The number of aliphatic hydroxyl groups excluding tert-OH is 3. The highest BCUT2D eigenvalue weighted by Crippen LogP contribution is 2.43. The number of ether oxygens (including phenoxy) is 2. The van der Waals surface area contributed by atoms with Gasteiger partial charge < -0.3 is 40.5 Å². The van der Waals surface area contributed by atoms with Crippen molar-refractivity contribution < 1.29 is 67.6 Å². The second-order valence-corrected chi connectivity index (χ2v) is 18.7. The predicted octanol–water partition coefficient (Wildman–Crippen LogP) is 8.40. The van der Waals surface area contributed by atoms with Crippen molar-refractivity contribution in [3.05, 3.63) is 12.2 Å². The Bertz CT molecular complexity index is 1280. The van der Waals surface area contributed by atoms with E-state index in [2.05, 4.69) is 18.4 Å². The third kappa shape index (κ3) is 30.0. The van der Waals surface area contributed by atoms with Gasteiger partial charge in [0.05, 0.1) is 31.5 Å². The molecular formula is C46H84NO14P. The lowest BCUT2D eigenvalue weighted by atomic mass is 9.87. The molecule has 0 spiro atoms. The molecule has 0 aromatic heterocycles. The molecule has 1 fully saturated rings. The number of hydrogen-bond acceptors (Lipinski definition) is 13. The predicted molar refractivity (Wildman–Crippen MR) is 238 cm³/mol. The summed E-state index contributed by atoms with van der Waals surface area (Å²) in [6.45, 7) is 2.34. The van der Waals surface area contributed by atoms with E-state index in [0.717, 1.165) is 44.9 Å². The number of rotatable bonds is 41. The van der Waals surface area contributed by atoms with E-state index in [1.54, 1.807) is 12.2 Å². The van der Waals surface area contributed by atoms with E-state index in [9.17, 15) is 44.0 Å². The SMILES string of the molecule is CCCCCCCCCCCCCCCCCCCC(=O)O[C@H](COC(=O)CCCCC(=O)C[C@@H]1[C@@H](/C=C/[C@@H](O)CCCCC)[C@H](O)C[C@@H]1O)COP(=O)(O)OC[C@H](N)C(=O)O. The first-order valence-corrected chi connectivity index (χ1v) is 25.4. The first kappa shape index (κ1) is 57.8. The van der Waals surface area contributed by atoms with Gasteiger partial charge in [0.2, 0.25) is 0 Å². The van der Waals surface area contributed by atoms with Gasteiger partial charge in [0.25, 0.3) is 0 Å². The molecule has 0 radical (unpaired) electrons. The number of hydrogen-bond donors (Lipinski definition) is 6. The molecule has 0 aliphatic heterocycles. The summed E-state index contributed by atoms with van der Waals surface area (Å²) in [5, 5.41) is 40.2. The van der Waals surface area contributed by atoms with E-state index in [1.165, 1.54) is 77.0 Å². The van der Waals surface area contributed by atoms with Crippen LogP contribution in [0.25, 0.3) is 0 Å². The van der Waals surface area contributed by atoms with Gasteiger partial charge in [-0.3, -0.25) is 28.2 Å². The Kier molecular flexibility index (Phi) is 33.6. The Morgan fingerprint density at radius 2 is 1.16 bits per heavy atom. The third-order valence-electron chi connectivity index (χ3n) is 11.5. The summed E-state index contributed by atoms with van der Waals surface area (Å²) in [5.41, 5.74) is 5.33. The molecule has 0 aromatic carbocycles. The van der Waals surface area contributed by atoms with E-state index in [4.69, 9.17) is 24.8 Å². The second kappa shape index (κ2) is 36.0. The van der Waals surface area contributed by atoms with Crippen molar-refractivity contribution >= 4 is 31.5 Å². The van der Waals surface area contributed by atoms with Gasteiger partial charge in [-0.2, -0.15) is 0 Å². The summed E-state index contributed by atoms with van der Waals surface area (Å²) < 4.78 is 32.7. The topological polar surface area (TPSA) is 249 Å². The number of phosphoric ester groups is 1. The van der Waals surface area contributed by atoms with Crippen LogP contribution in [0.5, 0.6) is 0 Å². The molecule has 362 valence electrons. The van der Waals surface area contributed by atoms with E-state index >= 15 is 0 Å². The van der Waals surface area contributed by atoms with Crippen molar-refractivity contribution in [2.24, 2.45) is 17.6 Å². The number of carbonyl (C=O) groups excluding carboxylic acids is 3. The maximum atomic E-state index is 12.8. The van der Waals surface area contributed by atoms with Crippen LogP contribution in [0, 0.1) is 11.8 Å². The summed E-state index contributed by atoms with van der Waals surface area (Å²) in [6.07, 6.45) is 24.8. The van der Waals surface area contributed by atoms with E-state index in [0.29, 0.717) is 25.7 Å². The fourth-order valence-corrected chi connectivity index (χ4v) is 8.43. The maximum Gasteiger partial charge on any atom is 0.472 e. The van der Waals surface area contributed by atoms with Gasteiger partial charge in [-0.1, -0.05) is 148 Å². The Labute approximate surface area is 371 Å². The fraction of sp³-hybridized carbons (Fsp3) is 0.870. The second-order valence-electron chi connectivity index (χ2n) is 17.2. The molecule has 0 aromatic rings. The number of carbonyl (C=O) groups is 4. The highest BCUT2D eigenvalue weighted by atomic mass is 31.2. The summed E-state index contributed by atoms with van der Waals surface area (Å²) in [4.78, 5) is 59.1. The molecule has 0 saturated heterocycles. The number of nitrogens with two attached hydrogens (primary N) is 1. The molecule has 1 unspecified atom stereocenters. The van der Waals surface area contributed by atoms with Gasteiger partial charge in [-0.15, -0.1) is 0 Å². The molecule has 1 saturated carbocycles. The minimum absolute atomic E-state index is 0.0524. The number of esters is 2. The lowest BCUT2D eigenvalue weighted by Crippen LogP contribution is -2.34. The molecule has 8 atom stereocenters. The molecule has 0 heterocycles. The molecule has 7 N–H and O–H groups in total. The van der Waals surface area contributed by atoms with Gasteiger partial charge in [0.1, 0.15) is 18.4 Å². The standard InChI is InChI=1S/C46H84NO14P/c1-3-5-7-8-9-10-11-12-13-14-15-16-17-18-19-20-22-28-45(53)61-38(34-59-62(56,57)60-35-41(47)46(54)55)33-58-44(52)27-24-23-26-37(49)31-40-39(42(50)32-43(40)51)30-29-36(48)25-21-6-4-2/h29-30,36,38-43,48,50-51H,3-28,31-35,47H2,1-2H3,(H,54,55)(H,56,57)/b30-29+/t36-,38+,39+,40+,41-,42+,43-/m0/s1. The van der Waals surface area contributed by atoms with Crippen LogP contribution in [0.2, 0.25) is 0 Å². The summed E-state index contributed by atoms with van der Waals surface area (Å²) in [6, 6.07) is -1.57. The van der Waals surface area contributed by atoms with E-state index < -0.39 is 87.8 Å². The Morgan fingerprint density at radius 3 is 1.73 bits per heavy atom. The minimum atomic E-state index is -4.81. The monoisotopic (exact) mass is 906 g/mol. The summed E-state index contributed by atoms with van der Waals surface area (Å²) in [5.74, 6) is -3.76. The number of unbranched alkanes of at least 4 members (excludes halogenated alkanes) is 19. The number of ketones is 1. The van der Waals surface area contributed by atoms with Crippen molar-refractivity contribution in [3.8, 4) is 0 Å². The normalized spacial score (nSPS) is 20.2. The first-order valence-electron chi connectivity index (χ1n) is 23.9. The van der Waals surface area contributed by atoms with E-state index in [1.807, 2.05) is 0 Å². The maximum absolute atomic E-state index is 12.8. The van der Waals surface area contributed by atoms with Crippen LogP contribution in [0.15, 0.2) is 12.2 Å². The number of aliphatic hydroxyl groups is 3. The van der Waals surface area contributed by atoms with Gasteiger partial charge in [-0.25, -0.2) is 4.57 Å². The lowest BCUT2D eigenvalue weighted by molar-refractivity contribution is -0.161. The van der Waals surface area contributed by atoms with Gasteiger partial charge in [0.15, 0.2) is 6.10 Å². The largest absolute Gasteiger partial charge is 0.480 e. The van der Waals surface area contributed by atoms with Crippen molar-refractivity contribution in [1.82, 2.24) is 0 Å². The van der Waals surface area contributed by atoms with Crippen LogP contribution in [-0.4, -0.2) is 99.3 Å². The molecule has 1 aliphatic carbocycles. The summed E-state index contributed by atoms with van der Waals surface area (Å²) >= 11 is 0. The average Bonchev–Trinajstić information content (AvgIpc) is 3.49. The number of carboxylic acid groups (broad SMARTS) is 1. The summed E-state index contributed by atoms with van der Waals surface area (Å²) in [7, 11) is -4.81. The van der Waals surface area contributed by atoms with Crippen LogP contribution in [0.1, 0.15) is 194 Å². The number of carboxylic acids is 1. The highest BCUT2D eigenvalue weighted by molar-refractivity contribution is 7.47. The Morgan fingerprint density at radius 1 is 0.677 bits per heavy atom. The highest BCUT2D eigenvalue weighted by Gasteiger charge is 2.41. The number of phosphoric acid groups is 1. The quantitative estimate of drug-likeness (QED) is 0.0146. The zero-order chi connectivity index (χ0) is 46.0. The van der Waals surface area contributed by atoms with Crippen LogP contribution in [0.4, 0.5) is 0 Å². The molecule has 62 heavy (non-hydrogen) atoms. The number of aliphatic carboxylic acids is 1. The van der Waals surface area contributed by atoms with Crippen LogP contribution < -0.4 is 5.73 Å². The van der Waals surface area contributed by atoms with Gasteiger partial charge in [-0.05, 0) is 25.7 Å². The first-order chi connectivity index (χ1) is 29.7. The van der Waals surface area contributed by atoms with E-state index in [-0.39, 0.29) is 37.9 Å². The molecule has 15 nitrogen and oxygen atoms in total. The molecule has 16 heteroatoms. The number of Topliss-reactive ketones (excluding diaryl/α,β-unsaturated/α-hetero) is 1. The average molecular weight is 906 g/mol. The third-order valence-corrected chi connectivity index (χ3v) is 12.4. The molecular weight excluding hydrogens is 821 g/mol. The lowest BCUT2D eigenvalue weighted by Gasteiger charge is -2.20. The zero-order valence-corrected chi connectivity index (χ0v) is 38.9. The Hall–Kier alpha value is -2.23. The Balaban J connectivity index is 2.46. The van der Waals surface area contributed by atoms with Crippen molar-refractivity contribution in [1.29, 1.82) is 0 Å². The van der Waals surface area contributed by atoms with Crippen molar-refractivity contribution in [3.63, 3.8) is 0 Å². The van der Waals surface area contributed by atoms with Crippen LogP contribution >= 0.6 is 7.82 Å². The molecule has 0 bridgehead atoms. The zero-order valence-electron chi connectivity index (χ0n) is 38.1.